The number of hydrogen-bond acceptors (Lipinski definition) is 3. The second-order valence-electron chi connectivity index (χ2n) is 3.78. The van der Waals surface area contributed by atoms with E-state index in [1.165, 1.54) is 17.7 Å². The van der Waals surface area contributed by atoms with E-state index >= 15 is 0 Å². The maximum atomic E-state index is 10.1. The molecule has 3 heteroatoms. The Bertz CT molecular complexity index is 349. The lowest BCUT2D eigenvalue weighted by atomic mass is 10.00. The van der Waals surface area contributed by atoms with Gasteiger partial charge >= 0.3 is 0 Å². The average Bonchev–Trinajstić information content (AvgIpc) is 2.18. The van der Waals surface area contributed by atoms with Crippen LogP contribution in [0.3, 0.4) is 0 Å². The maximum Gasteiger partial charge on any atom is 0.106 e. The number of fused-ring (bicyclic) bond motifs is 1. The van der Waals surface area contributed by atoms with Gasteiger partial charge in [0.15, 0.2) is 0 Å². The highest BCUT2D eigenvalue weighted by Crippen LogP contribution is 2.26. The Morgan fingerprint density at radius 2 is 2.36 bits per heavy atom. The highest BCUT2D eigenvalue weighted by molar-refractivity contribution is 5.56. The highest BCUT2D eigenvalue weighted by atomic mass is 16.3. The maximum absolute atomic E-state index is 10.1. The van der Waals surface area contributed by atoms with Crippen LogP contribution in [0, 0.1) is 4.91 Å². The zero-order valence-electron chi connectivity index (χ0n) is 8.36. The van der Waals surface area contributed by atoms with Crippen molar-refractivity contribution in [1.29, 1.82) is 0 Å². The summed E-state index contributed by atoms with van der Waals surface area (Å²) < 4.78 is 0. The monoisotopic (exact) mass is 190 g/mol. The molecule has 14 heavy (non-hydrogen) atoms. The van der Waals surface area contributed by atoms with Crippen LogP contribution in [-0.2, 0) is 13.0 Å². The van der Waals surface area contributed by atoms with Gasteiger partial charge in [0.25, 0.3) is 0 Å². The number of nitrogens with zero attached hydrogens (tertiary/aromatic N) is 2. The molecule has 1 aliphatic heterocycles. The van der Waals surface area contributed by atoms with Crippen LogP contribution in [0.5, 0.6) is 0 Å². The van der Waals surface area contributed by atoms with Crippen molar-refractivity contribution in [2.24, 2.45) is 5.18 Å². The first-order valence-corrected chi connectivity index (χ1v) is 4.93. The summed E-state index contributed by atoms with van der Waals surface area (Å²) in [6.45, 7) is 1.41. The van der Waals surface area contributed by atoms with Gasteiger partial charge in [-0.05, 0) is 30.0 Å². The molecule has 3 nitrogen and oxygen atoms in total. The molecular formula is C11H14N2O. The van der Waals surface area contributed by atoms with E-state index in [9.17, 15) is 4.91 Å². The molecule has 0 bridgehead atoms. The molecule has 1 heterocycles. The van der Waals surface area contributed by atoms with E-state index in [2.05, 4.69) is 29.3 Å². The molecule has 0 fully saturated rings. The van der Waals surface area contributed by atoms with Crippen molar-refractivity contribution in [1.82, 2.24) is 0 Å². The average molecular weight is 190 g/mol. The molecule has 74 valence electrons. The third-order valence-electron chi connectivity index (χ3n) is 2.74. The van der Waals surface area contributed by atoms with Crippen LogP contribution in [0.15, 0.2) is 23.4 Å². The SMILES string of the molecule is CN1CCCc2cc(CN=O)ccc21. The predicted molar refractivity (Wildman–Crippen MR) is 57.5 cm³/mol. The summed E-state index contributed by atoms with van der Waals surface area (Å²) in [5.41, 5.74) is 3.67. The molecule has 0 aliphatic carbocycles. The van der Waals surface area contributed by atoms with Gasteiger partial charge in [-0.3, -0.25) is 0 Å². The third-order valence-corrected chi connectivity index (χ3v) is 2.74. The Labute approximate surface area is 83.7 Å². The van der Waals surface area contributed by atoms with E-state index in [1.807, 2.05) is 6.07 Å². The molecular weight excluding hydrogens is 176 g/mol. The van der Waals surface area contributed by atoms with Crippen LogP contribution in [-0.4, -0.2) is 13.6 Å². The first kappa shape index (κ1) is 9.19. The Balaban J connectivity index is 2.33. The molecule has 0 saturated carbocycles. The summed E-state index contributed by atoms with van der Waals surface area (Å²) in [5.74, 6) is 0. The van der Waals surface area contributed by atoms with Crippen LogP contribution >= 0.6 is 0 Å². The molecule has 0 radical (unpaired) electrons. The minimum absolute atomic E-state index is 0.289. The second kappa shape index (κ2) is 3.78. The van der Waals surface area contributed by atoms with Gasteiger partial charge < -0.3 is 4.90 Å². The quantitative estimate of drug-likeness (QED) is 0.670. The van der Waals surface area contributed by atoms with E-state index in [0.717, 1.165) is 18.5 Å². The molecule has 0 amide bonds. The Hall–Kier alpha value is -1.38. The number of aryl methyl sites for hydroxylation is 1. The molecule has 1 aromatic carbocycles. The summed E-state index contributed by atoms with van der Waals surface area (Å²) >= 11 is 0. The van der Waals surface area contributed by atoms with Crippen molar-refractivity contribution < 1.29 is 0 Å². The van der Waals surface area contributed by atoms with Crippen molar-refractivity contribution >= 4 is 5.69 Å². The Morgan fingerprint density at radius 1 is 1.50 bits per heavy atom. The van der Waals surface area contributed by atoms with Gasteiger partial charge in [0, 0.05) is 19.3 Å². The summed E-state index contributed by atoms with van der Waals surface area (Å²) in [6, 6.07) is 6.18. The Kier molecular flexibility index (Phi) is 2.48. The zero-order chi connectivity index (χ0) is 9.97. The van der Waals surface area contributed by atoms with E-state index < -0.39 is 0 Å². The fourth-order valence-electron chi connectivity index (χ4n) is 2.01. The van der Waals surface area contributed by atoms with Gasteiger partial charge in [-0.15, -0.1) is 0 Å². The summed E-state index contributed by atoms with van der Waals surface area (Å²) in [7, 11) is 2.11. The first-order valence-electron chi connectivity index (χ1n) is 4.93. The number of rotatable bonds is 2. The smallest absolute Gasteiger partial charge is 0.106 e. The molecule has 0 N–H and O–H groups in total. The minimum Gasteiger partial charge on any atom is -0.374 e. The molecule has 0 spiro atoms. The number of nitroso groups, excluding NO2 is 1. The lowest BCUT2D eigenvalue weighted by Gasteiger charge is -2.27. The van der Waals surface area contributed by atoms with Crippen molar-refractivity contribution in [3.05, 3.63) is 34.2 Å². The van der Waals surface area contributed by atoms with E-state index in [1.54, 1.807) is 0 Å². The van der Waals surface area contributed by atoms with Gasteiger partial charge in [0.1, 0.15) is 6.54 Å². The first-order chi connectivity index (χ1) is 6.81. The third kappa shape index (κ3) is 1.62. The summed E-state index contributed by atoms with van der Waals surface area (Å²) in [6.07, 6.45) is 2.31. The standard InChI is InChI=1S/C11H14N2O/c1-13-6-2-3-10-7-9(8-12-14)4-5-11(10)13/h4-5,7H,2-3,6,8H2,1H3. The van der Waals surface area contributed by atoms with Crippen molar-refractivity contribution in [3.63, 3.8) is 0 Å². The summed E-state index contributed by atoms with van der Waals surface area (Å²) in [5, 5.41) is 2.91. The fourth-order valence-corrected chi connectivity index (χ4v) is 2.01. The van der Waals surface area contributed by atoms with Gasteiger partial charge in [-0.1, -0.05) is 17.3 Å². The van der Waals surface area contributed by atoms with Crippen LogP contribution in [0.4, 0.5) is 5.69 Å². The molecule has 0 atom stereocenters. The van der Waals surface area contributed by atoms with Crippen LogP contribution < -0.4 is 4.90 Å². The van der Waals surface area contributed by atoms with Crippen molar-refractivity contribution in [2.45, 2.75) is 19.4 Å². The van der Waals surface area contributed by atoms with Crippen LogP contribution in [0.2, 0.25) is 0 Å². The molecule has 0 aromatic heterocycles. The predicted octanol–water partition coefficient (Wildman–Crippen LogP) is 2.34. The number of benzene rings is 1. The molecule has 1 aromatic rings. The van der Waals surface area contributed by atoms with E-state index in [-0.39, 0.29) is 6.54 Å². The largest absolute Gasteiger partial charge is 0.374 e. The minimum atomic E-state index is 0.289. The number of anilines is 1. The normalized spacial score (nSPS) is 15.1. The van der Waals surface area contributed by atoms with Gasteiger partial charge in [0.2, 0.25) is 0 Å². The van der Waals surface area contributed by atoms with Crippen molar-refractivity contribution in [3.8, 4) is 0 Å². The zero-order valence-corrected chi connectivity index (χ0v) is 8.36. The fraction of sp³-hybridized carbons (Fsp3) is 0.455. The van der Waals surface area contributed by atoms with Gasteiger partial charge in [-0.25, -0.2) is 0 Å². The number of hydrogen-bond donors (Lipinski definition) is 0. The van der Waals surface area contributed by atoms with Gasteiger partial charge in [0.05, 0.1) is 0 Å². The Morgan fingerprint density at radius 3 is 3.14 bits per heavy atom. The van der Waals surface area contributed by atoms with E-state index in [0.29, 0.717) is 0 Å². The lowest BCUT2D eigenvalue weighted by Crippen LogP contribution is -2.24. The van der Waals surface area contributed by atoms with Crippen LogP contribution in [0.25, 0.3) is 0 Å². The molecule has 0 saturated heterocycles. The molecule has 0 unspecified atom stereocenters. The van der Waals surface area contributed by atoms with E-state index in [4.69, 9.17) is 0 Å². The lowest BCUT2D eigenvalue weighted by molar-refractivity contribution is 0.743. The van der Waals surface area contributed by atoms with Crippen molar-refractivity contribution in [2.75, 3.05) is 18.5 Å². The summed E-state index contributed by atoms with van der Waals surface area (Å²) in [4.78, 5) is 12.4. The topological polar surface area (TPSA) is 32.7 Å². The highest BCUT2D eigenvalue weighted by Gasteiger charge is 2.13. The second-order valence-corrected chi connectivity index (χ2v) is 3.78. The molecule has 2 rings (SSSR count). The van der Waals surface area contributed by atoms with Crippen LogP contribution in [0.1, 0.15) is 17.5 Å². The molecule has 1 aliphatic rings. The van der Waals surface area contributed by atoms with Gasteiger partial charge in [-0.2, -0.15) is 4.91 Å².